The van der Waals surface area contributed by atoms with Crippen molar-refractivity contribution in [3.05, 3.63) is 0 Å². The van der Waals surface area contributed by atoms with E-state index in [1.165, 1.54) is 0 Å². The lowest BCUT2D eigenvalue weighted by molar-refractivity contribution is -0.117. The van der Waals surface area contributed by atoms with E-state index in [9.17, 15) is 4.79 Å². The number of carbonyl (C=O) groups is 1. The topological polar surface area (TPSA) is 29.6 Å². The third kappa shape index (κ3) is 1.24. The molecule has 1 heterocycles. The van der Waals surface area contributed by atoms with Gasteiger partial charge in [0.1, 0.15) is 6.10 Å². The Balaban J connectivity index is 2.24. The van der Waals surface area contributed by atoms with Crippen LogP contribution >= 0.6 is 15.9 Å². The van der Waals surface area contributed by atoms with Crippen molar-refractivity contribution in [1.82, 2.24) is 0 Å². The van der Waals surface area contributed by atoms with Crippen LogP contribution in [0.15, 0.2) is 0 Å². The Morgan fingerprint density at radius 1 is 2.00 bits per heavy atom. The predicted molar refractivity (Wildman–Crippen MR) is 28.5 cm³/mol. The van der Waals surface area contributed by atoms with Crippen LogP contribution in [0, 0.1) is 0 Å². The molecule has 0 bridgehead atoms. The first-order valence-electron chi connectivity index (χ1n) is 2.05. The Labute approximate surface area is 50.0 Å². The minimum atomic E-state index is -0.0700. The average Bonchev–Trinajstić information content (AvgIpc) is 2.44. The number of Topliss-reactive ketones (excluding diaryl/α,β-unsaturated/α-hetero) is 1. The van der Waals surface area contributed by atoms with Gasteiger partial charge in [-0.1, -0.05) is 15.9 Å². The molecule has 0 aliphatic carbocycles. The second kappa shape index (κ2) is 1.92. The summed E-state index contributed by atoms with van der Waals surface area (Å²) < 4.78 is 4.68. The molecule has 1 unspecified atom stereocenters. The summed E-state index contributed by atoms with van der Waals surface area (Å²) in [7, 11) is 0. The monoisotopic (exact) mass is 164 g/mol. The molecule has 0 amide bonds. The smallest absolute Gasteiger partial charge is 0.174 e. The Morgan fingerprint density at radius 3 is 2.71 bits per heavy atom. The van der Waals surface area contributed by atoms with Crippen LogP contribution in [-0.2, 0) is 9.53 Å². The highest BCUT2D eigenvalue weighted by molar-refractivity contribution is 9.09. The minimum absolute atomic E-state index is 0.0700. The van der Waals surface area contributed by atoms with Gasteiger partial charge < -0.3 is 4.74 Å². The van der Waals surface area contributed by atoms with Crippen LogP contribution in [0.2, 0.25) is 0 Å². The largest absolute Gasteiger partial charge is 0.365 e. The molecule has 40 valence electrons. The zero-order valence-corrected chi connectivity index (χ0v) is 5.27. The van der Waals surface area contributed by atoms with Gasteiger partial charge in [-0.15, -0.1) is 0 Å². The van der Waals surface area contributed by atoms with E-state index in [0.717, 1.165) is 0 Å². The quantitative estimate of drug-likeness (QED) is 0.436. The standard InChI is InChI=1S/C4H5BrO2/c5-1-3(6)4-2-7-4/h4H,1-2H2. The first kappa shape index (κ1) is 5.25. The molecule has 1 aliphatic heterocycles. The lowest BCUT2D eigenvalue weighted by atomic mass is 10.3. The van der Waals surface area contributed by atoms with E-state index in [1.807, 2.05) is 0 Å². The molecule has 0 aromatic carbocycles. The zero-order chi connectivity index (χ0) is 5.28. The Hall–Kier alpha value is 0.110. The molecule has 3 heteroatoms. The average molecular weight is 165 g/mol. The van der Waals surface area contributed by atoms with Gasteiger partial charge in [0.15, 0.2) is 5.78 Å². The fourth-order valence-electron chi connectivity index (χ4n) is 0.320. The van der Waals surface area contributed by atoms with E-state index < -0.39 is 0 Å². The van der Waals surface area contributed by atoms with E-state index in [1.54, 1.807) is 0 Å². The number of carbonyl (C=O) groups excluding carboxylic acids is 1. The van der Waals surface area contributed by atoms with Gasteiger partial charge in [-0.2, -0.15) is 0 Å². The summed E-state index contributed by atoms with van der Waals surface area (Å²) in [5.74, 6) is 0.153. The highest BCUT2D eigenvalue weighted by Gasteiger charge is 2.29. The summed E-state index contributed by atoms with van der Waals surface area (Å²) in [6.45, 7) is 0.629. The highest BCUT2D eigenvalue weighted by Crippen LogP contribution is 2.10. The molecular weight excluding hydrogens is 160 g/mol. The molecule has 2 nitrogen and oxygen atoms in total. The van der Waals surface area contributed by atoms with Crippen LogP contribution in [0.5, 0.6) is 0 Å². The fourth-order valence-corrected chi connectivity index (χ4v) is 0.681. The SMILES string of the molecule is O=C(CBr)C1CO1. The molecular formula is C4H5BrO2. The Bertz CT molecular complexity index is 87.7. The van der Waals surface area contributed by atoms with Gasteiger partial charge in [0, 0.05) is 0 Å². The normalized spacial score (nSPS) is 27.3. The highest BCUT2D eigenvalue weighted by atomic mass is 79.9. The summed E-state index contributed by atoms with van der Waals surface area (Å²) in [4.78, 5) is 10.4. The van der Waals surface area contributed by atoms with Crippen molar-refractivity contribution < 1.29 is 9.53 Å². The zero-order valence-electron chi connectivity index (χ0n) is 3.69. The van der Waals surface area contributed by atoms with E-state index in [0.29, 0.717) is 11.9 Å². The number of hydrogen-bond donors (Lipinski definition) is 0. The number of ether oxygens (including phenoxy) is 1. The lowest BCUT2D eigenvalue weighted by Gasteiger charge is -1.80. The molecule has 0 spiro atoms. The van der Waals surface area contributed by atoms with Crippen LogP contribution in [0.25, 0.3) is 0 Å². The molecule has 1 aliphatic rings. The van der Waals surface area contributed by atoms with Crippen molar-refractivity contribution in [2.24, 2.45) is 0 Å². The van der Waals surface area contributed by atoms with Crippen molar-refractivity contribution in [3.8, 4) is 0 Å². The first-order chi connectivity index (χ1) is 3.34. The van der Waals surface area contributed by atoms with Crippen LogP contribution in [0.4, 0.5) is 0 Å². The summed E-state index contributed by atoms with van der Waals surface area (Å²) in [5.41, 5.74) is 0. The van der Waals surface area contributed by atoms with Gasteiger partial charge in [-0.3, -0.25) is 4.79 Å². The van der Waals surface area contributed by atoms with Gasteiger partial charge in [-0.05, 0) is 0 Å². The van der Waals surface area contributed by atoms with Crippen molar-refractivity contribution in [1.29, 1.82) is 0 Å². The van der Waals surface area contributed by atoms with Gasteiger partial charge >= 0.3 is 0 Å². The van der Waals surface area contributed by atoms with Crippen molar-refractivity contribution in [2.75, 3.05) is 11.9 Å². The number of halogens is 1. The number of rotatable bonds is 2. The molecule has 1 rings (SSSR count). The van der Waals surface area contributed by atoms with Crippen LogP contribution in [-0.4, -0.2) is 23.8 Å². The maximum atomic E-state index is 10.4. The summed E-state index contributed by atoms with van der Waals surface area (Å²) in [6.07, 6.45) is -0.0700. The molecule has 1 fully saturated rings. The predicted octanol–water partition coefficient (Wildman–Crippen LogP) is 0.349. The lowest BCUT2D eigenvalue weighted by Crippen LogP contribution is -2.06. The number of epoxide rings is 1. The minimum Gasteiger partial charge on any atom is -0.365 e. The maximum absolute atomic E-state index is 10.4. The van der Waals surface area contributed by atoms with Gasteiger partial charge in [0.2, 0.25) is 0 Å². The van der Waals surface area contributed by atoms with Crippen molar-refractivity contribution in [3.63, 3.8) is 0 Å². The number of ketones is 1. The Morgan fingerprint density at radius 2 is 2.57 bits per heavy atom. The maximum Gasteiger partial charge on any atom is 0.174 e. The molecule has 0 aromatic heterocycles. The molecule has 1 saturated heterocycles. The summed E-state index contributed by atoms with van der Waals surface area (Å²) in [6, 6.07) is 0. The van der Waals surface area contributed by atoms with Gasteiger partial charge in [0.25, 0.3) is 0 Å². The summed E-state index contributed by atoms with van der Waals surface area (Å²) >= 11 is 3.03. The molecule has 1 atom stereocenters. The second-order valence-electron chi connectivity index (χ2n) is 1.42. The van der Waals surface area contributed by atoms with E-state index in [-0.39, 0.29) is 11.9 Å². The van der Waals surface area contributed by atoms with Crippen molar-refractivity contribution in [2.45, 2.75) is 6.10 Å². The van der Waals surface area contributed by atoms with Crippen LogP contribution in [0.1, 0.15) is 0 Å². The Kier molecular flexibility index (Phi) is 1.44. The van der Waals surface area contributed by atoms with E-state index >= 15 is 0 Å². The third-order valence-corrected chi connectivity index (χ3v) is 1.38. The molecule has 0 saturated carbocycles. The van der Waals surface area contributed by atoms with Crippen LogP contribution in [0.3, 0.4) is 0 Å². The molecule has 7 heavy (non-hydrogen) atoms. The molecule has 0 N–H and O–H groups in total. The second-order valence-corrected chi connectivity index (χ2v) is 1.98. The summed E-state index contributed by atoms with van der Waals surface area (Å²) in [5, 5.41) is 0.428. The number of hydrogen-bond acceptors (Lipinski definition) is 2. The van der Waals surface area contributed by atoms with E-state index in [2.05, 4.69) is 20.7 Å². The fraction of sp³-hybridized carbons (Fsp3) is 0.750. The third-order valence-electron chi connectivity index (χ3n) is 0.824. The van der Waals surface area contributed by atoms with Gasteiger partial charge in [0.05, 0.1) is 11.9 Å². The van der Waals surface area contributed by atoms with E-state index in [4.69, 9.17) is 0 Å². The molecule has 0 aromatic rings. The molecule has 0 radical (unpaired) electrons. The number of alkyl halides is 1. The first-order valence-corrected chi connectivity index (χ1v) is 3.17. The van der Waals surface area contributed by atoms with Crippen LogP contribution < -0.4 is 0 Å². The van der Waals surface area contributed by atoms with Gasteiger partial charge in [-0.25, -0.2) is 0 Å². The van der Waals surface area contributed by atoms with Crippen molar-refractivity contribution >= 4 is 21.7 Å².